The van der Waals surface area contributed by atoms with Gasteiger partial charge in [-0.2, -0.15) is 0 Å². The standard InChI is InChI=1S/C18H14ClNO4/c1-11-10-12(6-7-15(11)19)24-16(21)8-9-20-17(22)13-4-2-3-5-14(13)18(20)23/h2-7,10H,8-9H2,1H3. The van der Waals surface area contributed by atoms with Gasteiger partial charge < -0.3 is 4.74 Å². The van der Waals surface area contributed by atoms with E-state index in [-0.39, 0.29) is 24.8 Å². The highest BCUT2D eigenvalue weighted by Crippen LogP contribution is 2.23. The lowest BCUT2D eigenvalue weighted by molar-refractivity contribution is -0.134. The Hall–Kier alpha value is -2.66. The maximum Gasteiger partial charge on any atom is 0.312 e. The average Bonchev–Trinajstić information content (AvgIpc) is 2.81. The molecule has 0 aromatic heterocycles. The van der Waals surface area contributed by atoms with Crippen molar-refractivity contribution in [3.63, 3.8) is 0 Å². The molecule has 3 rings (SSSR count). The van der Waals surface area contributed by atoms with Gasteiger partial charge >= 0.3 is 5.97 Å². The van der Waals surface area contributed by atoms with Gasteiger partial charge in [-0.3, -0.25) is 19.3 Å². The molecule has 5 nitrogen and oxygen atoms in total. The molecule has 0 atom stereocenters. The summed E-state index contributed by atoms with van der Waals surface area (Å²) in [6, 6.07) is 11.5. The fourth-order valence-corrected chi connectivity index (χ4v) is 2.63. The molecule has 0 spiro atoms. The van der Waals surface area contributed by atoms with E-state index in [4.69, 9.17) is 16.3 Å². The number of benzene rings is 2. The Balaban J connectivity index is 1.62. The normalized spacial score (nSPS) is 13.2. The molecule has 0 saturated heterocycles. The lowest BCUT2D eigenvalue weighted by atomic mass is 10.1. The third kappa shape index (κ3) is 3.03. The molecule has 1 aliphatic heterocycles. The Kier molecular flexibility index (Phi) is 4.36. The van der Waals surface area contributed by atoms with Crippen LogP contribution in [0.1, 0.15) is 32.7 Å². The second-order valence-electron chi connectivity index (χ2n) is 5.44. The molecule has 0 radical (unpaired) electrons. The van der Waals surface area contributed by atoms with Crippen LogP contribution in [0.25, 0.3) is 0 Å². The summed E-state index contributed by atoms with van der Waals surface area (Å²) >= 11 is 5.92. The molecular weight excluding hydrogens is 330 g/mol. The van der Waals surface area contributed by atoms with Gasteiger partial charge in [-0.15, -0.1) is 0 Å². The summed E-state index contributed by atoms with van der Waals surface area (Å²) in [6.07, 6.45) is -0.0762. The van der Waals surface area contributed by atoms with Crippen molar-refractivity contribution in [2.24, 2.45) is 0 Å². The van der Waals surface area contributed by atoms with E-state index in [1.54, 1.807) is 49.4 Å². The Morgan fingerprint density at radius 3 is 2.29 bits per heavy atom. The summed E-state index contributed by atoms with van der Waals surface area (Å²) in [4.78, 5) is 37.4. The average molecular weight is 344 g/mol. The number of hydrogen-bond acceptors (Lipinski definition) is 4. The minimum absolute atomic E-state index is 0.0161. The molecule has 0 aliphatic carbocycles. The fraction of sp³-hybridized carbons (Fsp3) is 0.167. The van der Waals surface area contributed by atoms with Gasteiger partial charge in [-0.25, -0.2) is 0 Å². The van der Waals surface area contributed by atoms with E-state index in [2.05, 4.69) is 0 Å². The van der Waals surface area contributed by atoms with Crippen molar-refractivity contribution in [3.05, 3.63) is 64.2 Å². The first-order valence-electron chi connectivity index (χ1n) is 7.39. The van der Waals surface area contributed by atoms with Crippen molar-refractivity contribution in [2.75, 3.05) is 6.54 Å². The first-order valence-corrected chi connectivity index (χ1v) is 7.77. The van der Waals surface area contributed by atoms with Crippen molar-refractivity contribution in [1.29, 1.82) is 0 Å². The zero-order chi connectivity index (χ0) is 17.3. The second kappa shape index (κ2) is 6.45. The number of esters is 1. The first kappa shape index (κ1) is 16.2. The molecule has 2 aromatic rings. The minimum atomic E-state index is -0.520. The highest BCUT2D eigenvalue weighted by Gasteiger charge is 2.35. The van der Waals surface area contributed by atoms with Crippen molar-refractivity contribution in [2.45, 2.75) is 13.3 Å². The molecule has 2 aromatic carbocycles. The Morgan fingerprint density at radius 1 is 1.08 bits per heavy atom. The number of carbonyl (C=O) groups is 3. The fourth-order valence-electron chi connectivity index (χ4n) is 2.51. The molecule has 0 unspecified atom stereocenters. The van der Waals surface area contributed by atoms with Crippen LogP contribution >= 0.6 is 11.6 Å². The van der Waals surface area contributed by atoms with Gasteiger partial charge in [0.2, 0.25) is 0 Å². The van der Waals surface area contributed by atoms with Crippen molar-refractivity contribution < 1.29 is 19.1 Å². The van der Waals surface area contributed by atoms with Crippen LogP contribution in [-0.2, 0) is 4.79 Å². The number of amides is 2. The van der Waals surface area contributed by atoms with Crippen LogP contribution in [0, 0.1) is 6.92 Å². The Morgan fingerprint density at radius 2 is 1.71 bits per heavy atom. The van der Waals surface area contributed by atoms with Crippen LogP contribution in [-0.4, -0.2) is 29.2 Å². The summed E-state index contributed by atoms with van der Waals surface area (Å²) in [5.74, 6) is -0.908. The van der Waals surface area contributed by atoms with Gasteiger partial charge in [0.15, 0.2) is 0 Å². The molecule has 2 amide bonds. The number of hydrogen-bond donors (Lipinski definition) is 0. The number of rotatable bonds is 4. The third-order valence-corrected chi connectivity index (χ3v) is 4.20. The molecule has 0 bridgehead atoms. The molecule has 1 aliphatic rings. The number of imide groups is 1. The van der Waals surface area contributed by atoms with Crippen LogP contribution in [0.3, 0.4) is 0 Å². The highest BCUT2D eigenvalue weighted by atomic mass is 35.5. The van der Waals surface area contributed by atoms with Crippen molar-refractivity contribution in [1.82, 2.24) is 4.90 Å². The van der Waals surface area contributed by atoms with E-state index in [0.717, 1.165) is 10.5 Å². The lowest BCUT2D eigenvalue weighted by Gasteiger charge is -2.13. The Labute approximate surface area is 143 Å². The molecule has 0 saturated carbocycles. The monoisotopic (exact) mass is 343 g/mol. The maximum absolute atomic E-state index is 12.2. The van der Waals surface area contributed by atoms with Crippen molar-refractivity contribution in [3.8, 4) is 5.75 Å². The van der Waals surface area contributed by atoms with Gasteiger partial charge in [-0.05, 0) is 42.8 Å². The molecule has 6 heteroatoms. The highest BCUT2D eigenvalue weighted by molar-refractivity contribution is 6.31. The van der Waals surface area contributed by atoms with E-state index in [9.17, 15) is 14.4 Å². The molecule has 24 heavy (non-hydrogen) atoms. The SMILES string of the molecule is Cc1cc(OC(=O)CCN2C(=O)c3ccccc3C2=O)ccc1Cl. The molecular formula is C18H14ClNO4. The van der Waals surface area contributed by atoms with E-state index >= 15 is 0 Å². The molecule has 0 N–H and O–H groups in total. The van der Waals surface area contributed by atoms with Gasteiger partial charge in [0, 0.05) is 11.6 Å². The zero-order valence-electron chi connectivity index (χ0n) is 12.9. The lowest BCUT2D eigenvalue weighted by Crippen LogP contribution is -2.32. The summed E-state index contributed by atoms with van der Waals surface area (Å²) in [5, 5.41) is 0.584. The topological polar surface area (TPSA) is 63.7 Å². The minimum Gasteiger partial charge on any atom is -0.426 e. The first-order chi connectivity index (χ1) is 11.5. The van der Waals surface area contributed by atoms with Crippen LogP contribution in [0.4, 0.5) is 0 Å². The predicted octanol–water partition coefficient (Wildman–Crippen LogP) is 3.24. The van der Waals surface area contributed by atoms with Crippen LogP contribution in [0.5, 0.6) is 5.75 Å². The Bertz CT molecular complexity index is 812. The maximum atomic E-state index is 12.2. The number of ether oxygens (including phenoxy) is 1. The number of halogens is 1. The third-order valence-electron chi connectivity index (χ3n) is 3.78. The predicted molar refractivity (Wildman–Crippen MR) is 88.3 cm³/mol. The van der Waals surface area contributed by atoms with Gasteiger partial charge in [0.25, 0.3) is 11.8 Å². The van der Waals surface area contributed by atoms with Gasteiger partial charge in [-0.1, -0.05) is 23.7 Å². The van der Waals surface area contributed by atoms with Crippen LogP contribution < -0.4 is 4.74 Å². The van der Waals surface area contributed by atoms with Gasteiger partial charge in [0.1, 0.15) is 5.75 Å². The summed E-state index contributed by atoms with van der Waals surface area (Å²) in [5.41, 5.74) is 1.52. The van der Waals surface area contributed by atoms with Crippen LogP contribution in [0.15, 0.2) is 42.5 Å². The number of fused-ring (bicyclic) bond motifs is 1. The summed E-state index contributed by atoms with van der Waals surface area (Å²) < 4.78 is 5.21. The number of aryl methyl sites for hydroxylation is 1. The summed E-state index contributed by atoms with van der Waals surface area (Å²) in [6.45, 7) is 1.79. The largest absolute Gasteiger partial charge is 0.426 e. The van der Waals surface area contributed by atoms with E-state index < -0.39 is 5.97 Å². The van der Waals surface area contributed by atoms with E-state index in [1.165, 1.54) is 0 Å². The number of nitrogens with zero attached hydrogens (tertiary/aromatic N) is 1. The van der Waals surface area contributed by atoms with Crippen molar-refractivity contribution >= 4 is 29.4 Å². The summed E-state index contributed by atoms with van der Waals surface area (Å²) in [7, 11) is 0. The molecule has 1 heterocycles. The van der Waals surface area contributed by atoms with Gasteiger partial charge in [0.05, 0.1) is 17.5 Å². The van der Waals surface area contributed by atoms with Crippen LogP contribution in [0.2, 0.25) is 5.02 Å². The number of carbonyl (C=O) groups excluding carboxylic acids is 3. The quantitative estimate of drug-likeness (QED) is 0.485. The molecule has 0 fully saturated rings. The van der Waals surface area contributed by atoms with E-state index in [0.29, 0.717) is 21.9 Å². The van der Waals surface area contributed by atoms with E-state index in [1.807, 2.05) is 0 Å². The molecule has 122 valence electrons. The second-order valence-corrected chi connectivity index (χ2v) is 5.85. The zero-order valence-corrected chi connectivity index (χ0v) is 13.7. The smallest absolute Gasteiger partial charge is 0.312 e.